The lowest BCUT2D eigenvalue weighted by Gasteiger charge is -2.48. The summed E-state index contributed by atoms with van der Waals surface area (Å²) in [5.74, 6) is 1.05. The number of allylic oxidation sites excluding steroid dienone is 1. The van der Waals surface area contributed by atoms with Gasteiger partial charge >= 0.3 is 0 Å². The summed E-state index contributed by atoms with van der Waals surface area (Å²) in [5.41, 5.74) is 4.21. The Kier molecular flexibility index (Phi) is 4.62. The summed E-state index contributed by atoms with van der Waals surface area (Å²) in [6, 6.07) is 7.74. The van der Waals surface area contributed by atoms with Crippen LogP contribution >= 0.6 is 0 Å². The summed E-state index contributed by atoms with van der Waals surface area (Å²) >= 11 is 0. The van der Waals surface area contributed by atoms with Crippen molar-refractivity contribution in [2.75, 3.05) is 13.2 Å². The standard InChI is InChI=1S/C22H28N2O2/c1-14(2)24-12-16(13-26-8-7-15(3)25)9-19-18-5-4-6-20-22(18)17(11-23-20)10-21(19)24/h4-8,11,14,16,19,21,23H,9-10,12-13H2,1-3H3/t16?,19?,21-/m1/s1. The molecule has 2 unspecified atom stereocenters. The third-order valence-corrected chi connectivity index (χ3v) is 5.99. The molecule has 0 spiro atoms. The Morgan fingerprint density at radius 1 is 1.42 bits per heavy atom. The number of nitrogens with zero attached hydrogens (tertiary/aromatic N) is 1. The summed E-state index contributed by atoms with van der Waals surface area (Å²) in [6.07, 6.45) is 7.52. The van der Waals surface area contributed by atoms with E-state index in [4.69, 9.17) is 4.74 Å². The van der Waals surface area contributed by atoms with Crippen LogP contribution in [0, 0.1) is 5.92 Å². The van der Waals surface area contributed by atoms with Gasteiger partial charge in [0.1, 0.15) is 0 Å². The fourth-order valence-corrected chi connectivity index (χ4v) is 4.88. The zero-order chi connectivity index (χ0) is 18.3. The van der Waals surface area contributed by atoms with Gasteiger partial charge in [0.05, 0.1) is 12.9 Å². The first-order valence-electron chi connectivity index (χ1n) is 9.68. The molecule has 4 nitrogen and oxygen atoms in total. The van der Waals surface area contributed by atoms with Crippen LogP contribution in [-0.4, -0.2) is 40.9 Å². The highest BCUT2D eigenvalue weighted by Crippen LogP contribution is 2.45. The summed E-state index contributed by atoms with van der Waals surface area (Å²) in [4.78, 5) is 17.2. The minimum Gasteiger partial charge on any atom is -0.501 e. The van der Waals surface area contributed by atoms with E-state index in [-0.39, 0.29) is 5.78 Å². The van der Waals surface area contributed by atoms with Crippen LogP contribution in [0.1, 0.15) is 44.2 Å². The molecule has 4 heteroatoms. The van der Waals surface area contributed by atoms with Crippen molar-refractivity contribution < 1.29 is 9.53 Å². The summed E-state index contributed by atoms with van der Waals surface area (Å²) in [7, 11) is 0. The van der Waals surface area contributed by atoms with Crippen molar-refractivity contribution >= 4 is 16.7 Å². The van der Waals surface area contributed by atoms with E-state index in [2.05, 4.69) is 48.1 Å². The van der Waals surface area contributed by atoms with E-state index < -0.39 is 0 Å². The molecule has 0 bridgehead atoms. The van der Waals surface area contributed by atoms with Gasteiger partial charge in [0.25, 0.3) is 0 Å². The number of rotatable bonds is 5. The van der Waals surface area contributed by atoms with Crippen molar-refractivity contribution in [2.24, 2.45) is 5.92 Å². The van der Waals surface area contributed by atoms with E-state index >= 15 is 0 Å². The van der Waals surface area contributed by atoms with Gasteiger partial charge in [-0.3, -0.25) is 9.69 Å². The van der Waals surface area contributed by atoms with Crippen molar-refractivity contribution in [3.63, 3.8) is 0 Å². The summed E-state index contributed by atoms with van der Waals surface area (Å²) in [5, 5.41) is 1.44. The Hall–Kier alpha value is -2.07. The lowest BCUT2D eigenvalue weighted by molar-refractivity contribution is -0.112. The number of fused-ring (bicyclic) bond motifs is 2. The maximum atomic E-state index is 11.0. The SMILES string of the molecule is CC(=O)C=COCC1CC2c3cccc4[nH]cc(c34)C[C@H]2N(C(C)C)C1. The largest absolute Gasteiger partial charge is 0.501 e. The number of benzene rings is 1. The number of H-pyrrole nitrogens is 1. The molecular formula is C22H28N2O2. The van der Waals surface area contributed by atoms with Crippen LogP contribution in [0.5, 0.6) is 0 Å². The van der Waals surface area contributed by atoms with E-state index in [0.717, 1.165) is 19.4 Å². The quantitative estimate of drug-likeness (QED) is 0.653. The van der Waals surface area contributed by atoms with Gasteiger partial charge in [-0.2, -0.15) is 0 Å². The molecule has 2 aliphatic rings. The van der Waals surface area contributed by atoms with E-state index in [9.17, 15) is 4.79 Å². The van der Waals surface area contributed by atoms with E-state index in [1.807, 2.05) is 0 Å². The minimum atomic E-state index is 0.0245. The minimum absolute atomic E-state index is 0.0245. The monoisotopic (exact) mass is 352 g/mol. The third kappa shape index (κ3) is 3.07. The van der Waals surface area contributed by atoms with Crippen molar-refractivity contribution in [1.29, 1.82) is 0 Å². The van der Waals surface area contributed by atoms with Crippen LogP contribution in [0.4, 0.5) is 0 Å². The molecule has 1 fully saturated rings. The second-order valence-corrected chi connectivity index (χ2v) is 8.10. The molecule has 1 aliphatic heterocycles. The Morgan fingerprint density at radius 3 is 3.04 bits per heavy atom. The Morgan fingerprint density at radius 2 is 2.27 bits per heavy atom. The number of likely N-dealkylation sites (tertiary alicyclic amines) is 1. The number of ether oxygens (including phenoxy) is 1. The van der Waals surface area contributed by atoms with Crippen LogP contribution in [0.25, 0.3) is 10.9 Å². The fraction of sp³-hybridized carbons (Fsp3) is 0.500. The number of carbonyl (C=O) groups excluding carboxylic acids is 1. The maximum Gasteiger partial charge on any atom is 0.155 e. The smallest absolute Gasteiger partial charge is 0.155 e. The number of ketones is 1. The normalized spacial score (nSPS) is 25.8. The van der Waals surface area contributed by atoms with Crippen LogP contribution in [0.15, 0.2) is 36.7 Å². The molecule has 2 aromatic rings. The Labute approximate surface area is 155 Å². The number of piperidine rings is 1. The van der Waals surface area contributed by atoms with Gasteiger partial charge in [0.15, 0.2) is 5.78 Å². The van der Waals surface area contributed by atoms with Gasteiger partial charge < -0.3 is 9.72 Å². The maximum absolute atomic E-state index is 11.0. The molecule has 3 atom stereocenters. The second-order valence-electron chi connectivity index (χ2n) is 8.10. The predicted molar refractivity (Wildman–Crippen MR) is 104 cm³/mol. The van der Waals surface area contributed by atoms with Crippen molar-refractivity contribution in [2.45, 2.75) is 51.6 Å². The zero-order valence-electron chi connectivity index (χ0n) is 15.9. The van der Waals surface area contributed by atoms with Crippen LogP contribution in [-0.2, 0) is 16.0 Å². The molecular weight excluding hydrogens is 324 g/mol. The molecule has 1 N–H and O–H groups in total. The van der Waals surface area contributed by atoms with Gasteiger partial charge in [-0.05, 0) is 50.8 Å². The first kappa shape index (κ1) is 17.3. The van der Waals surface area contributed by atoms with E-state index in [0.29, 0.717) is 30.5 Å². The molecule has 1 aromatic carbocycles. The first-order chi connectivity index (χ1) is 12.5. The summed E-state index contributed by atoms with van der Waals surface area (Å²) in [6.45, 7) is 7.86. The lowest BCUT2D eigenvalue weighted by Crippen LogP contribution is -2.53. The van der Waals surface area contributed by atoms with Crippen LogP contribution in [0.3, 0.4) is 0 Å². The number of hydrogen-bond donors (Lipinski definition) is 1. The molecule has 138 valence electrons. The van der Waals surface area contributed by atoms with Crippen molar-refractivity contribution in [1.82, 2.24) is 9.88 Å². The molecule has 0 radical (unpaired) electrons. The average Bonchev–Trinajstić information content (AvgIpc) is 3.03. The molecule has 1 aliphatic carbocycles. The number of carbonyl (C=O) groups is 1. The van der Waals surface area contributed by atoms with Crippen LogP contribution in [0.2, 0.25) is 0 Å². The lowest BCUT2D eigenvalue weighted by atomic mass is 9.72. The number of aromatic nitrogens is 1. The highest BCUT2D eigenvalue weighted by molar-refractivity contribution is 5.88. The highest BCUT2D eigenvalue weighted by atomic mass is 16.5. The first-order valence-corrected chi connectivity index (χ1v) is 9.68. The van der Waals surface area contributed by atoms with Crippen molar-refractivity contribution in [3.05, 3.63) is 47.9 Å². The number of nitrogens with one attached hydrogen (secondary N) is 1. The predicted octanol–water partition coefficient (Wildman–Crippen LogP) is 4.03. The molecule has 1 saturated heterocycles. The van der Waals surface area contributed by atoms with Crippen LogP contribution < -0.4 is 0 Å². The van der Waals surface area contributed by atoms with Gasteiger partial charge in [0.2, 0.25) is 0 Å². The molecule has 0 saturated carbocycles. The average molecular weight is 352 g/mol. The van der Waals surface area contributed by atoms with Gasteiger partial charge in [0, 0.05) is 53.6 Å². The number of aromatic amines is 1. The van der Waals surface area contributed by atoms with Gasteiger partial charge in [-0.1, -0.05) is 12.1 Å². The third-order valence-electron chi connectivity index (χ3n) is 5.99. The van der Waals surface area contributed by atoms with Gasteiger partial charge in [-0.15, -0.1) is 0 Å². The summed E-state index contributed by atoms with van der Waals surface area (Å²) < 4.78 is 5.69. The topological polar surface area (TPSA) is 45.3 Å². The zero-order valence-corrected chi connectivity index (χ0v) is 15.9. The molecule has 1 aromatic heterocycles. The van der Waals surface area contributed by atoms with Crippen molar-refractivity contribution in [3.8, 4) is 0 Å². The number of hydrogen-bond acceptors (Lipinski definition) is 3. The molecule has 26 heavy (non-hydrogen) atoms. The van der Waals surface area contributed by atoms with Gasteiger partial charge in [-0.25, -0.2) is 0 Å². The highest BCUT2D eigenvalue weighted by Gasteiger charge is 2.41. The molecule has 4 rings (SSSR count). The molecule has 2 heterocycles. The Balaban J connectivity index is 1.61. The molecule has 0 amide bonds. The fourth-order valence-electron chi connectivity index (χ4n) is 4.88. The van der Waals surface area contributed by atoms with E-state index in [1.165, 1.54) is 28.1 Å². The Bertz CT molecular complexity index is 836. The second kappa shape index (κ2) is 6.92. The van der Waals surface area contributed by atoms with E-state index in [1.54, 1.807) is 13.2 Å².